The van der Waals surface area contributed by atoms with Crippen LogP contribution < -0.4 is 0 Å². The molecule has 0 radical (unpaired) electrons. The molecule has 0 heterocycles. The van der Waals surface area contributed by atoms with E-state index >= 15 is 0 Å². The maximum absolute atomic E-state index is 6.26. The Morgan fingerprint density at radius 3 is 1.52 bits per heavy atom. The Bertz CT molecular complexity index is 196. The lowest BCUT2D eigenvalue weighted by Crippen LogP contribution is -2.09. The Kier molecular flexibility index (Phi) is 20.8. The van der Waals surface area contributed by atoms with Crippen LogP contribution in [-0.2, 0) is 4.52 Å². The van der Waals surface area contributed by atoms with Crippen LogP contribution >= 0.6 is 8.81 Å². The van der Waals surface area contributed by atoms with E-state index in [4.69, 9.17) is 4.52 Å². The second kappa shape index (κ2) is 20.4. The molecule has 0 amide bonds. The van der Waals surface area contributed by atoms with Crippen molar-refractivity contribution in [3.8, 4) is 0 Å². The molecule has 140 valence electrons. The van der Waals surface area contributed by atoms with E-state index in [9.17, 15) is 0 Å². The Hall–Kier alpha value is 0.390. The third kappa shape index (κ3) is 18.6. The highest BCUT2D eigenvalue weighted by atomic mass is 31.1. The van der Waals surface area contributed by atoms with E-state index in [1.165, 1.54) is 109 Å². The Morgan fingerprint density at radius 2 is 1.00 bits per heavy atom. The van der Waals surface area contributed by atoms with Crippen LogP contribution in [0.3, 0.4) is 0 Å². The molecule has 1 nitrogen and oxygen atoms in total. The average molecular weight is 345 g/mol. The SMILES string of the molecule is CCCCCCCCPOC(CCCCCC)CCCCCC. The molecule has 0 fully saturated rings. The molecule has 1 unspecified atom stereocenters. The summed E-state index contributed by atoms with van der Waals surface area (Å²) in [5.41, 5.74) is 0. The second-order valence-corrected chi connectivity index (χ2v) is 8.13. The molecule has 0 aromatic carbocycles. The zero-order valence-electron chi connectivity index (χ0n) is 16.5. The largest absolute Gasteiger partial charge is 0.359 e. The monoisotopic (exact) mass is 344 g/mol. The highest BCUT2D eigenvalue weighted by Crippen LogP contribution is 2.25. The van der Waals surface area contributed by atoms with Crippen LogP contribution in [-0.4, -0.2) is 12.3 Å². The first-order valence-electron chi connectivity index (χ1n) is 10.7. The standard InChI is InChI=1S/C21H45OP/c1-4-7-10-13-14-17-20-23-22-21(18-15-11-8-5-2)19-16-12-9-6-3/h21,23H,4-20H2,1-3H3. The normalized spacial score (nSPS) is 12.0. The first kappa shape index (κ1) is 23.4. The molecule has 0 saturated carbocycles. The van der Waals surface area contributed by atoms with Crippen LogP contribution in [0.5, 0.6) is 0 Å². The summed E-state index contributed by atoms with van der Waals surface area (Å²) in [5, 5.41) is 0. The van der Waals surface area contributed by atoms with Gasteiger partial charge < -0.3 is 4.52 Å². The van der Waals surface area contributed by atoms with Gasteiger partial charge in [0.05, 0.1) is 6.10 Å². The minimum absolute atomic E-state index is 0.558. The van der Waals surface area contributed by atoms with Gasteiger partial charge in [0.15, 0.2) is 0 Å². The summed E-state index contributed by atoms with van der Waals surface area (Å²) in [7, 11) is 0.749. The van der Waals surface area contributed by atoms with Crippen LogP contribution in [0.1, 0.15) is 124 Å². The first-order valence-corrected chi connectivity index (χ1v) is 11.8. The molecule has 0 aromatic heterocycles. The van der Waals surface area contributed by atoms with Gasteiger partial charge in [0.1, 0.15) is 0 Å². The fourth-order valence-corrected chi connectivity index (χ4v) is 4.00. The van der Waals surface area contributed by atoms with Gasteiger partial charge in [-0.05, 0) is 25.4 Å². The van der Waals surface area contributed by atoms with Gasteiger partial charge in [0, 0.05) is 8.81 Å². The van der Waals surface area contributed by atoms with Gasteiger partial charge in [0.25, 0.3) is 0 Å². The van der Waals surface area contributed by atoms with Crippen LogP contribution in [0.4, 0.5) is 0 Å². The van der Waals surface area contributed by atoms with Gasteiger partial charge in [-0.25, -0.2) is 0 Å². The molecule has 0 N–H and O–H groups in total. The lowest BCUT2D eigenvalue weighted by molar-refractivity contribution is 0.198. The molecule has 23 heavy (non-hydrogen) atoms. The van der Waals surface area contributed by atoms with Gasteiger partial charge >= 0.3 is 0 Å². The van der Waals surface area contributed by atoms with Gasteiger partial charge in [-0.15, -0.1) is 0 Å². The number of hydrogen-bond acceptors (Lipinski definition) is 1. The lowest BCUT2D eigenvalue weighted by Gasteiger charge is -2.18. The molecule has 0 aliphatic rings. The average Bonchev–Trinajstić information content (AvgIpc) is 2.57. The Balaban J connectivity index is 3.64. The minimum Gasteiger partial charge on any atom is -0.359 e. The molecule has 2 heteroatoms. The first-order chi connectivity index (χ1) is 11.3. The second-order valence-electron chi connectivity index (χ2n) is 7.10. The fourth-order valence-electron chi connectivity index (χ4n) is 3.01. The van der Waals surface area contributed by atoms with Crippen LogP contribution in [0.25, 0.3) is 0 Å². The van der Waals surface area contributed by atoms with Crippen molar-refractivity contribution < 1.29 is 4.52 Å². The summed E-state index contributed by atoms with van der Waals surface area (Å²) in [6.45, 7) is 6.87. The Morgan fingerprint density at radius 1 is 0.565 bits per heavy atom. The van der Waals surface area contributed by atoms with Gasteiger partial charge in [-0.3, -0.25) is 0 Å². The molecule has 0 aliphatic heterocycles. The van der Waals surface area contributed by atoms with Gasteiger partial charge in [-0.1, -0.05) is 104 Å². The van der Waals surface area contributed by atoms with E-state index in [0.29, 0.717) is 6.10 Å². The predicted molar refractivity (Wildman–Crippen MR) is 109 cm³/mol. The molecule has 0 bridgehead atoms. The van der Waals surface area contributed by atoms with Crippen molar-refractivity contribution in [2.75, 3.05) is 6.16 Å². The molecule has 0 saturated heterocycles. The topological polar surface area (TPSA) is 9.23 Å². The van der Waals surface area contributed by atoms with Crippen molar-refractivity contribution in [1.82, 2.24) is 0 Å². The van der Waals surface area contributed by atoms with Gasteiger partial charge in [0.2, 0.25) is 0 Å². The minimum atomic E-state index is 0.558. The van der Waals surface area contributed by atoms with E-state index in [2.05, 4.69) is 20.8 Å². The number of unbranched alkanes of at least 4 members (excludes halogenated alkanes) is 11. The molecule has 0 aromatic rings. The van der Waals surface area contributed by atoms with E-state index < -0.39 is 0 Å². The summed E-state index contributed by atoms with van der Waals surface area (Å²) >= 11 is 0. The smallest absolute Gasteiger partial charge is 0.0614 e. The number of hydrogen-bond donors (Lipinski definition) is 0. The lowest BCUT2D eigenvalue weighted by atomic mass is 10.0. The Labute approximate surface area is 149 Å². The molecule has 0 spiro atoms. The van der Waals surface area contributed by atoms with Crippen molar-refractivity contribution in [2.45, 2.75) is 130 Å². The predicted octanol–water partition coefficient (Wildman–Crippen LogP) is 8.27. The zero-order valence-corrected chi connectivity index (χ0v) is 17.5. The van der Waals surface area contributed by atoms with Crippen LogP contribution in [0.2, 0.25) is 0 Å². The maximum Gasteiger partial charge on any atom is 0.0614 e. The van der Waals surface area contributed by atoms with E-state index in [1.807, 2.05) is 0 Å². The van der Waals surface area contributed by atoms with Crippen LogP contribution in [0.15, 0.2) is 0 Å². The summed E-state index contributed by atoms with van der Waals surface area (Å²) in [4.78, 5) is 0. The van der Waals surface area contributed by atoms with Crippen molar-refractivity contribution in [3.05, 3.63) is 0 Å². The fraction of sp³-hybridized carbons (Fsp3) is 1.00. The van der Waals surface area contributed by atoms with Crippen LogP contribution in [0, 0.1) is 0 Å². The zero-order chi connectivity index (χ0) is 17.0. The molecular weight excluding hydrogens is 299 g/mol. The quantitative estimate of drug-likeness (QED) is 0.169. The maximum atomic E-state index is 6.26. The van der Waals surface area contributed by atoms with Gasteiger partial charge in [-0.2, -0.15) is 0 Å². The van der Waals surface area contributed by atoms with Crippen molar-refractivity contribution >= 4 is 8.81 Å². The van der Waals surface area contributed by atoms with E-state index in [1.54, 1.807) is 0 Å². The number of rotatable bonds is 19. The summed E-state index contributed by atoms with van der Waals surface area (Å²) in [6, 6.07) is 0. The van der Waals surface area contributed by atoms with Crippen molar-refractivity contribution in [2.24, 2.45) is 0 Å². The molecule has 0 aliphatic carbocycles. The molecular formula is C21H45OP. The van der Waals surface area contributed by atoms with E-state index in [0.717, 1.165) is 8.81 Å². The summed E-state index contributed by atoms with van der Waals surface area (Å²) in [5.74, 6) is 0. The van der Waals surface area contributed by atoms with Crippen molar-refractivity contribution in [1.29, 1.82) is 0 Å². The van der Waals surface area contributed by atoms with Crippen molar-refractivity contribution in [3.63, 3.8) is 0 Å². The molecule has 0 rings (SSSR count). The summed E-state index contributed by atoms with van der Waals surface area (Å²) < 4.78 is 6.26. The highest BCUT2D eigenvalue weighted by Gasteiger charge is 2.08. The molecule has 1 atom stereocenters. The highest BCUT2D eigenvalue weighted by molar-refractivity contribution is 7.32. The summed E-state index contributed by atoms with van der Waals surface area (Å²) in [6.07, 6.45) is 23.8. The third-order valence-corrected chi connectivity index (χ3v) is 5.70. The van der Waals surface area contributed by atoms with E-state index in [-0.39, 0.29) is 0 Å². The third-order valence-electron chi connectivity index (χ3n) is 4.64.